The third-order valence-electron chi connectivity index (χ3n) is 6.34. The average Bonchev–Trinajstić information content (AvgIpc) is 3.28. The normalized spacial score (nSPS) is 21.5. The van der Waals surface area contributed by atoms with Crippen molar-refractivity contribution < 1.29 is 4.42 Å². The molecule has 4 heterocycles. The Morgan fingerprint density at radius 3 is 2.41 bits per heavy atom. The molecule has 1 unspecified atom stereocenters. The molecule has 0 aliphatic carbocycles. The van der Waals surface area contributed by atoms with Gasteiger partial charge in [0.05, 0.1) is 17.8 Å². The largest absolute Gasteiger partial charge is 0.446 e. The number of pyridine rings is 1. The van der Waals surface area contributed by atoms with Gasteiger partial charge >= 0.3 is 0 Å². The van der Waals surface area contributed by atoms with E-state index in [0.29, 0.717) is 5.92 Å². The third-order valence-corrected chi connectivity index (χ3v) is 6.34. The van der Waals surface area contributed by atoms with Crippen molar-refractivity contribution in [2.75, 3.05) is 26.2 Å². The molecule has 29 heavy (non-hydrogen) atoms. The molecule has 1 spiro atoms. The van der Waals surface area contributed by atoms with Gasteiger partial charge in [0.25, 0.3) is 0 Å². The fourth-order valence-electron chi connectivity index (χ4n) is 5.00. The summed E-state index contributed by atoms with van der Waals surface area (Å²) in [6.07, 6.45) is 3.82. The van der Waals surface area contributed by atoms with E-state index in [1.54, 1.807) is 0 Å². The van der Waals surface area contributed by atoms with Crippen LogP contribution in [0, 0.1) is 19.3 Å². The summed E-state index contributed by atoms with van der Waals surface area (Å²) >= 11 is 0. The number of hydrogen-bond donors (Lipinski definition) is 0. The highest BCUT2D eigenvalue weighted by atomic mass is 16.4. The minimum atomic E-state index is 0.219. The molecule has 0 saturated carbocycles. The predicted molar refractivity (Wildman–Crippen MR) is 112 cm³/mol. The molecule has 3 aromatic rings. The Bertz CT molecular complexity index is 960. The highest BCUT2D eigenvalue weighted by molar-refractivity contribution is 5.20. The van der Waals surface area contributed by atoms with Crippen LogP contribution in [0.15, 0.2) is 59.3 Å². The SMILES string of the molecule is Cc1ccc(CN2CC3(CN(Cc4ccccc4)CC3c3ncc(C)o3)C2)nc1. The second-order valence-electron chi connectivity index (χ2n) is 8.85. The van der Waals surface area contributed by atoms with Gasteiger partial charge in [-0.25, -0.2) is 4.98 Å². The molecule has 1 atom stereocenters. The van der Waals surface area contributed by atoms with E-state index in [-0.39, 0.29) is 5.41 Å². The Balaban J connectivity index is 1.31. The second-order valence-corrected chi connectivity index (χ2v) is 8.85. The highest BCUT2D eigenvalue weighted by Crippen LogP contribution is 2.49. The van der Waals surface area contributed by atoms with E-state index >= 15 is 0 Å². The smallest absolute Gasteiger partial charge is 0.199 e. The highest BCUT2D eigenvalue weighted by Gasteiger charge is 2.55. The minimum absolute atomic E-state index is 0.219. The molecule has 2 aromatic heterocycles. The predicted octanol–water partition coefficient (Wildman–Crippen LogP) is 3.79. The molecule has 150 valence electrons. The standard InChI is InChI=1S/C24H28N4O/c1-18-8-9-21(25-10-18)13-28-16-24(17-28)15-27(12-20-6-4-3-5-7-20)14-22(24)23-26-11-19(2)29-23/h3-11,22H,12-17H2,1-2H3. The van der Waals surface area contributed by atoms with Crippen LogP contribution in [0.2, 0.25) is 0 Å². The molecule has 5 nitrogen and oxygen atoms in total. The van der Waals surface area contributed by atoms with Gasteiger partial charge in [-0.15, -0.1) is 0 Å². The quantitative estimate of drug-likeness (QED) is 0.665. The first-order valence-corrected chi connectivity index (χ1v) is 10.4. The van der Waals surface area contributed by atoms with Gasteiger partial charge in [-0.1, -0.05) is 36.4 Å². The van der Waals surface area contributed by atoms with Crippen LogP contribution in [0.3, 0.4) is 0 Å². The lowest BCUT2D eigenvalue weighted by molar-refractivity contribution is -0.0150. The Labute approximate surface area is 172 Å². The van der Waals surface area contributed by atoms with Crippen molar-refractivity contribution in [3.63, 3.8) is 0 Å². The molecular weight excluding hydrogens is 360 g/mol. The van der Waals surface area contributed by atoms with E-state index in [9.17, 15) is 0 Å². The van der Waals surface area contributed by atoms with Crippen LogP contribution in [0.4, 0.5) is 0 Å². The van der Waals surface area contributed by atoms with Gasteiger partial charge in [0.2, 0.25) is 0 Å². The van der Waals surface area contributed by atoms with Crippen molar-refractivity contribution in [3.8, 4) is 0 Å². The summed E-state index contributed by atoms with van der Waals surface area (Å²) in [5, 5.41) is 0. The summed E-state index contributed by atoms with van der Waals surface area (Å²) < 4.78 is 6.00. The molecule has 0 N–H and O–H groups in total. The zero-order chi connectivity index (χ0) is 19.8. The van der Waals surface area contributed by atoms with Gasteiger partial charge < -0.3 is 4.42 Å². The Morgan fingerprint density at radius 2 is 1.72 bits per heavy atom. The number of rotatable bonds is 5. The van der Waals surface area contributed by atoms with E-state index in [1.165, 1.54) is 11.1 Å². The van der Waals surface area contributed by atoms with Crippen molar-refractivity contribution in [2.24, 2.45) is 5.41 Å². The third kappa shape index (κ3) is 3.72. The summed E-state index contributed by atoms with van der Waals surface area (Å²) in [4.78, 5) is 14.3. The molecule has 2 saturated heterocycles. The molecule has 2 aliphatic heterocycles. The van der Waals surface area contributed by atoms with Crippen molar-refractivity contribution in [1.29, 1.82) is 0 Å². The van der Waals surface area contributed by atoms with Gasteiger partial charge in [-0.05, 0) is 31.0 Å². The van der Waals surface area contributed by atoms with Crippen LogP contribution in [-0.4, -0.2) is 45.9 Å². The number of aromatic nitrogens is 2. The van der Waals surface area contributed by atoms with Crippen molar-refractivity contribution >= 4 is 0 Å². The van der Waals surface area contributed by atoms with Gasteiger partial charge in [0.15, 0.2) is 5.89 Å². The molecule has 0 radical (unpaired) electrons. The maximum absolute atomic E-state index is 6.00. The molecular formula is C24H28N4O. The number of aryl methyl sites for hydroxylation is 2. The monoisotopic (exact) mass is 388 g/mol. The molecule has 1 aromatic carbocycles. The van der Waals surface area contributed by atoms with Crippen LogP contribution >= 0.6 is 0 Å². The van der Waals surface area contributed by atoms with Crippen molar-refractivity contribution in [3.05, 3.63) is 83.3 Å². The van der Waals surface area contributed by atoms with Crippen molar-refractivity contribution in [1.82, 2.24) is 19.8 Å². The first kappa shape index (κ1) is 18.5. The van der Waals surface area contributed by atoms with Crippen LogP contribution in [0.1, 0.15) is 34.4 Å². The van der Waals surface area contributed by atoms with E-state index in [4.69, 9.17) is 4.42 Å². The Morgan fingerprint density at radius 1 is 0.931 bits per heavy atom. The lowest BCUT2D eigenvalue weighted by atomic mass is 9.71. The Hall–Kier alpha value is -2.50. The van der Waals surface area contributed by atoms with Crippen LogP contribution in [-0.2, 0) is 13.1 Å². The van der Waals surface area contributed by atoms with E-state index in [0.717, 1.165) is 56.6 Å². The zero-order valence-electron chi connectivity index (χ0n) is 17.2. The van der Waals surface area contributed by atoms with Crippen LogP contribution in [0.5, 0.6) is 0 Å². The summed E-state index contributed by atoms with van der Waals surface area (Å²) in [7, 11) is 0. The summed E-state index contributed by atoms with van der Waals surface area (Å²) in [6.45, 7) is 10.2. The number of likely N-dealkylation sites (tertiary alicyclic amines) is 2. The van der Waals surface area contributed by atoms with Gasteiger partial charge in [0.1, 0.15) is 5.76 Å². The number of nitrogens with zero attached hydrogens (tertiary/aromatic N) is 4. The lowest BCUT2D eigenvalue weighted by Gasteiger charge is -2.50. The van der Waals surface area contributed by atoms with Crippen LogP contribution < -0.4 is 0 Å². The zero-order valence-corrected chi connectivity index (χ0v) is 17.2. The Kier molecular flexibility index (Phi) is 4.72. The fourth-order valence-corrected chi connectivity index (χ4v) is 5.00. The topological polar surface area (TPSA) is 45.4 Å². The maximum atomic E-state index is 6.00. The van der Waals surface area contributed by atoms with Gasteiger partial charge in [-0.2, -0.15) is 0 Å². The molecule has 5 heteroatoms. The second kappa shape index (κ2) is 7.39. The molecule has 0 bridgehead atoms. The van der Waals surface area contributed by atoms with Gasteiger partial charge in [0, 0.05) is 50.9 Å². The minimum Gasteiger partial charge on any atom is -0.446 e. The molecule has 2 aliphatic rings. The fraction of sp³-hybridized carbons (Fsp3) is 0.417. The van der Waals surface area contributed by atoms with Gasteiger partial charge in [-0.3, -0.25) is 14.8 Å². The summed E-state index contributed by atoms with van der Waals surface area (Å²) in [5.41, 5.74) is 3.94. The number of benzene rings is 1. The first-order chi connectivity index (χ1) is 14.1. The molecule has 5 rings (SSSR count). The summed E-state index contributed by atoms with van der Waals surface area (Å²) in [6, 6.07) is 15.0. The maximum Gasteiger partial charge on any atom is 0.199 e. The average molecular weight is 389 g/mol. The lowest BCUT2D eigenvalue weighted by Crippen LogP contribution is -2.59. The molecule has 2 fully saturated rings. The first-order valence-electron chi connectivity index (χ1n) is 10.4. The van der Waals surface area contributed by atoms with E-state index < -0.39 is 0 Å². The number of hydrogen-bond acceptors (Lipinski definition) is 5. The number of oxazole rings is 1. The van der Waals surface area contributed by atoms with E-state index in [1.807, 2.05) is 19.3 Å². The van der Waals surface area contributed by atoms with Crippen molar-refractivity contribution in [2.45, 2.75) is 32.9 Å². The molecule has 0 amide bonds. The van der Waals surface area contributed by atoms with E-state index in [2.05, 4.69) is 69.2 Å². The summed E-state index contributed by atoms with van der Waals surface area (Å²) in [5.74, 6) is 2.16. The van der Waals surface area contributed by atoms with Crippen LogP contribution in [0.25, 0.3) is 0 Å².